The van der Waals surface area contributed by atoms with Gasteiger partial charge in [-0.2, -0.15) is 5.26 Å². The molecule has 1 rings (SSSR count). The fourth-order valence-electron chi connectivity index (χ4n) is 0.672. The average Bonchev–Trinajstić information content (AvgIpc) is 1.98. The zero-order valence-electron chi connectivity index (χ0n) is 5.51. The fraction of sp³-hybridized carbons (Fsp3) is 0.143. The first-order valence-corrected chi connectivity index (χ1v) is 3.70. The van der Waals surface area contributed by atoms with Gasteiger partial charge in [-0.25, -0.2) is 9.37 Å². The van der Waals surface area contributed by atoms with Crippen molar-refractivity contribution in [3.63, 3.8) is 0 Å². The molecule has 0 fully saturated rings. The highest BCUT2D eigenvalue weighted by molar-refractivity contribution is 9.10. The van der Waals surface area contributed by atoms with Crippen LogP contribution < -0.4 is 0 Å². The van der Waals surface area contributed by atoms with Crippen molar-refractivity contribution < 1.29 is 4.39 Å². The van der Waals surface area contributed by atoms with Gasteiger partial charge in [0, 0.05) is 5.56 Å². The second-order valence-corrected chi connectivity index (χ2v) is 2.75. The van der Waals surface area contributed by atoms with Crippen LogP contribution in [0.15, 0.2) is 16.9 Å². The van der Waals surface area contributed by atoms with Crippen molar-refractivity contribution >= 4 is 15.9 Å². The van der Waals surface area contributed by atoms with Crippen molar-refractivity contribution in [1.82, 2.24) is 4.98 Å². The molecule has 1 aromatic rings. The largest absolute Gasteiger partial charge is 0.246 e. The summed E-state index contributed by atoms with van der Waals surface area (Å²) in [6.07, 6.45) is 1.17. The van der Waals surface area contributed by atoms with Gasteiger partial charge in [-0.05, 0) is 22.0 Å². The van der Waals surface area contributed by atoms with Gasteiger partial charge < -0.3 is 0 Å². The molecule has 0 aliphatic heterocycles. The minimum atomic E-state index is -0.435. The standard InChI is InChI=1S/C7H4BrFN2/c8-7-3-5(1-2-10)6(9)4-11-7/h3-4H,1H2. The summed E-state index contributed by atoms with van der Waals surface area (Å²) in [6.45, 7) is 0. The van der Waals surface area contributed by atoms with E-state index in [1.54, 1.807) is 0 Å². The molecular weight excluding hydrogens is 211 g/mol. The zero-order chi connectivity index (χ0) is 8.27. The molecule has 0 bridgehead atoms. The fourth-order valence-corrected chi connectivity index (χ4v) is 1.05. The van der Waals surface area contributed by atoms with E-state index in [0.717, 1.165) is 6.20 Å². The topological polar surface area (TPSA) is 36.7 Å². The summed E-state index contributed by atoms with van der Waals surface area (Å²) in [5.74, 6) is -0.435. The summed E-state index contributed by atoms with van der Waals surface area (Å²) in [6, 6.07) is 3.36. The van der Waals surface area contributed by atoms with Crippen LogP contribution in [0.25, 0.3) is 0 Å². The Bertz CT molecular complexity index is 306. The molecule has 0 saturated carbocycles. The number of hydrogen-bond donors (Lipinski definition) is 0. The first-order chi connectivity index (χ1) is 5.24. The Hall–Kier alpha value is -0.950. The van der Waals surface area contributed by atoms with Crippen molar-refractivity contribution in [2.45, 2.75) is 6.42 Å². The third-order valence-corrected chi connectivity index (χ3v) is 1.60. The highest BCUT2D eigenvalue weighted by Crippen LogP contribution is 2.12. The summed E-state index contributed by atoms with van der Waals surface area (Å²) in [5, 5.41) is 8.28. The van der Waals surface area contributed by atoms with Crippen LogP contribution in [0.1, 0.15) is 5.56 Å². The zero-order valence-corrected chi connectivity index (χ0v) is 7.10. The van der Waals surface area contributed by atoms with E-state index >= 15 is 0 Å². The van der Waals surface area contributed by atoms with Gasteiger partial charge in [0.25, 0.3) is 0 Å². The predicted octanol–water partition coefficient (Wildman–Crippen LogP) is 2.05. The molecule has 0 spiro atoms. The number of nitrogens with zero attached hydrogens (tertiary/aromatic N) is 2. The summed E-state index contributed by atoms with van der Waals surface area (Å²) in [7, 11) is 0. The Balaban J connectivity index is 3.05. The van der Waals surface area contributed by atoms with Crippen LogP contribution in [-0.4, -0.2) is 4.98 Å². The van der Waals surface area contributed by atoms with Crippen LogP contribution >= 0.6 is 15.9 Å². The van der Waals surface area contributed by atoms with Crippen LogP contribution in [-0.2, 0) is 6.42 Å². The number of aromatic nitrogens is 1. The lowest BCUT2D eigenvalue weighted by atomic mass is 10.2. The Morgan fingerprint density at radius 1 is 1.73 bits per heavy atom. The molecule has 1 aromatic heterocycles. The van der Waals surface area contributed by atoms with E-state index in [2.05, 4.69) is 20.9 Å². The average molecular weight is 215 g/mol. The molecule has 0 aromatic carbocycles. The van der Waals surface area contributed by atoms with E-state index in [9.17, 15) is 4.39 Å². The Kier molecular flexibility index (Phi) is 2.55. The molecular formula is C7H4BrFN2. The third-order valence-electron chi connectivity index (χ3n) is 1.17. The molecule has 2 nitrogen and oxygen atoms in total. The van der Waals surface area contributed by atoms with Crippen molar-refractivity contribution in [1.29, 1.82) is 5.26 Å². The second kappa shape index (κ2) is 3.44. The molecule has 0 N–H and O–H groups in total. The molecule has 0 aliphatic rings. The predicted molar refractivity (Wildman–Crippen MR) is 41.2 cm³/mol. The van der Waals surface area contributed by atoms with Crippen LogP contribution in [0.2, 0.25) is 0 Å². The van der Waals surface area contributed by atoms with Gasteiger partial charge in [-0.15, -0.1) is 0 Å². The first kappa shape index (κ1) is 8.15. The third kappa shape index (κ3) is 1.99. The number of rotatable bonds is 1. The number of hydrogen-bond acceptors (Lipinski definition) is 2. The first-order valence-electron chi connectivity index (χ1n) is 2.91. The van der Waals surface area contributed by atoms with Crippen LogP contribution in [0.4, 0.5) is 4.39 Å². The Labute approximate surface area is 71.8 Å². The molecule has 0 radical (unpaired) electrons. The lowest BCUT2D eigenvalue weighted by molar-refractivity contribution is 0.607. The van der Waals surface area contributed by atoms with Crippen LogP contribution in [0.5, 0.6) is 0 Å². The summed E-state index contributed by atoms with van der Waals surface area (Å²) < 4.78 is 13.3. The van der Waals surface area contributed by atoms with Gasteiger partial charge >= 0.3 is 0 Å². The second-order valence-electron chi connectivity index (χ2n) is 1.93. The normalized spacial score (nSPS) is 9.18. The summed E-state index contributed by atoms with van der Waals surface area (Å²) in [5.41, 5.74) is 0.370. The van der Waals surface area contributed by atoms with E-state index in [0.29, 0.717) is 10.2 Å². The van der Waals surface area contributed by atoms with E-state index in [1.807, 2.05) is 6.07 Å². The van der Waals surface area contributed by atoms with Crippen molar-refractivity contribution in [2.24, 2.45) is 0 Å². The smallest absolute Gasteiger partial charge is 0.145 e. The molecule has 0 saturated heterocycles. The van der Waals surface area contributed by atoms with Crippen LogP contribution in [0.3, 0.4) is 0 Å². The maximum atomic E-state index is 12.7. The van der Waals surface area contributed by atoms with Crippen molar-refractivity contribution in [3.05, 3.63) is 28.2 Å². The highest BCUT2D eigenvalue weighted by atomic mass is 79.9. The molecule has 0 unspecified atom stereocenters. The number of halogens is 2. The van der Waals surface area contributed by atoms with Gasteiger partial charge in [0.2, 0.25) is 0 Å². The molecule has 1 heterocycles. The van der Waals surface area contributed by atoms with Gasteiger partial charge in [0.1, 0.15) is 10.4 Å². The Morgan fingerprint density at radius 3 is 3.09 bits per heavy atom. The maximum Gasteiger partial charge on any atom is 0.145 e. The summed E-state index contributed by atoms with van der Waals surface area (Å²) in [4.78, 5) is 3.65. The molecule has 11 heavy (non-hydrogen) atoms. The van der Waals surface area contributed by atoms with Gasteiger partial charge in [-0.1, -0.05) is 0 Å². The van der Waals surface area contributed by atoms with Gasteiger partial charge in [0.15, 0.2) is 0 Å². The van der Waals surface area contributed by atoms with Gasteiger partial charge in [0.05, 0.1) is 18.7 Å². The lowest BCUT2D eigenvalue weighted by Crippen LogP contribution is -1.90. The van der Waals surface area contributed by atoms with Crippen molar-refractivity contribution in [3.8, 4) is 6.07 Å². The monoisotopic (exact) mass is 214 g/mol. The molecule has 0 aliphatic carbocycles. The minimum absolute atomic E-state index is 0.0763. The summed E-state index contributed by atoms with van der Waals surface area (Å²) >= 11 is 3.08. The van der Waals surface area contributed by atoms with Crippen LogP contribution in [0, 0.1) is 17.1 Å². The maximum absolute atomic E-state index is 12.7. The lowest BCUT2D eigenvalue weighted by Gasteiger charge is -1.96. The van der Waals surface area contributed by atoms with Crippen molar-refractivity contribution in [2.75, 3.05) is 0 Å². The molecule has 4 heteroatoms. The Morgan fingerprint density at radius 2 is 2.45 bits per heavy atom. The number of pyridine rings is 1. The molecule has 56 valence electrons. The highest BCUT2D eigenvalue weighted by Gasteiger charge is 2.01. The van der Waals surface area contributed by atoms with Gasteiger partial charge in [-0.3, -0.25) is 0 Å². The minimum Gasteiger partial charge on any atom is -0.246 e. The van der Waals surface area contributed by atoms with E-state index in [4.69, 9.17) is 5.26 Å². The van der Waals surface area contributed by atoms with E-state index < -0.39 is 5.82 Å². The van der Waals surface area contributed by atoms with E-state index in [1.165, 1.54) is 6.07 Å². The van der Waals surface area contributed by atoms with E-state index in [-0.39, 0.29) is 6.42 Å². The SMILES string of the molecule is N#CCc1cc(Br)ncc1F. The molecule has 0 atom stereocenters. The molecule has 0 amide bonds. The quantitative estimate of drug-likeness (QED) is 0.672. The number of nitriles is 1.